The second kappa shape index (κ2) is 8.09. The van der Waals surface area contributed by atoms with Crippen LogP contribution in [0.4, 0.5) is 0 Å². The van der Waals surface area contributed by atoms with Crippen molar-refractivity contribution in [2.24, 2.45) is 0 Å². The van der Waals surface area contributed by atoms with Crippen LogP contribution in [0.25, 0.3) is 0 Å². The smallest absolute Gasteiger partial charge is 0.342 e. The van der Waals surface area contributed by atoms with Gasteiger partial charge < -0.3 is 4.74 Å². The van der Waals surface area contributed by atoms with Gasteiger partial charge in [-0.25, -0.2) is 17.9 Å². The number of sulfonamides is 1. The van der Waals surface area contributed by atoms with E-state index in [2.05, 4.69) is 26.7 Å². The highest BCUT2D eigenvalue weighted by Crippen LogP contribution is 2.19. The summed E-state index contributed by atoms with van der Waals surface area (Å²) in [5, 5.41) is 5.80. The van der Waals surface area contributed by atoms with Crippen molar-refractivity contribution in [2.45, 2.75) is 57.1 Å². The van der Waals surface area contributed by atoms with E-state index in [0.29, 0.717) is 6.04 Å². The summed E-state index contributed by atoms with van der Waals surface area (Å²) in [6.07, 6.45) is 4.65. The lowest BCUT2D eigenvalue weighted by atomic mass is 10.0. The molecule has 2 atom stereocenters. The minimum atomic E-state index is -3.86. The summed E-state index contributed by atoms with van der Waals surface area (Å²) >= 11 is 0. The molecular weight excluding hydrogens is 332 g/mol. The Morgan fingerprint density at radius 2 is 2.29 bits per heavy atom. The van der Waals surface area contributed by atoms with Gasteiger partial charge in [0.25, 0.3) is 10.0 Å². The molecule has 1 saturated heterocycles. The largest absolute Gasteiger partial charge is 0.462 e. The lowest BCUT2D eigenvalue weighted by molar-refractivity contribution is 0.0522. The molecule has 1 fully saturated rings. The minimum Gasteiger partial charge on any atom is -0.462 e. The molecule has 136 valence electrons. The zero-order valence-corrected chi connectivity index (χ0v) is 15.2. The Morgan fingerprint density at radius 3 is 2.96 bits per heavy atom. The van der Waals surface area contributed by atoms with Gasteiger partial charge in [-0.3, -0.25) is 10.00 Å². The zero-order valence-electron chi connectivity index (χ0n) is 14.4. The number of nitrogens with zero attached hydrogens (tertiary/aromatic N) is 2. The second-order valence-corrected chi connectivity index (χ2v) is 7.82. The van der Waals surface area contributed by atoms with Crippen LogP contribution in [0.3, 0.4) is 0 Å². The number of carbonyl (C=O) groups excluding carboxylic acids is 1. The van der Waals surface area contributed by atoms with Gasteiger partial charge in [0, 0.05) is 18.6 Å². The molecule has 9 heteroatoms. The number of aromatic nitrogens is 2. The van der Waals surface area contributed by atoms with Crippen molar-refractivity contribution in [2.75, 3.05) is 19.7 Å². The fourth-order valence-electron chi connectivity index (χ4n) is 3.03. The number of hydrogen-bond acceptors (Lipinski definition) is 6. The minimum absolute atomic E-state index is 0.0732. The van der Waals surface area contributed by atoms with Crippen molar-refractivity contribution in [1.82, 2.24) is 19.8 Å². The van der Waals surface area contributed by atoms with E-state index in [1.807, 2.05) is 6.92 Å². The van der Waals surface area contributed by atoms with E-state index in [0.717, 1.165) is 19.4 Å². The topological polar surface area (TPSA) is 104 Å². The summed E-state index contributed by atoms with van der Waals surface area (Å²) in [4.78, 5) is 14.1. The number of likely N-dealkylation sites (tertiary alicyclic amines) is 1. The number of nitrogens with one attached hydrogen (secondary N) is 2. The molecule has 0 saturated carbocycles. The molecule has 0 amide bonds. The molecule has 2 rings (SSSR count). The van der Waals surface area contributed by atoms with E-state index in [4.69, 9.17) is 4.74 Å². The summed E-state index contributed by atoms with van der Waals surface area (Å²) in [7, 11) is -3.86. The van der Waals surface area contributed by atoms with Crippen molar-refractivity contribution in [3.63, 3.8) is 0 Å². The van der Waals surface area contributed by atoms with Crippen molar-refractivity contribution < 1.29 is 17.9 Å². The molecule has 0 aromatic carbocycles. The first kappa shape index (κ1) is 18.9. The molecule has 1 aromatic rings. The molecule has 1 aromatic heterocycles. The quantitative estimate of drug-likeness (QED) is 0.708. The third-order valence-electron chi connectivity index (χ3n) is 4.36. The summed E-state index contributed by atoms with van der Waals surface area (Å²) in [6, 6.07) is 0.518. The number of ether oxygens (including phenoxy) is 1. The molecule has 0 spiro atoms. The van der Waals surface area contributed by atoms with Gasteiger partial charge in [0.05, 0.1) is 12.8 Å². The van der Waals surface area contributed by atoms with E-state index < -0.39 is 16.0 Å². The van der Waals surface area contributed by atoms with Crippen LogP contribution >= 0.6 is 0 Å². The van der Waals surface area contributed by atoms with Crippen molar-refractivity contribution >= 4 is 16.0 Å². The number of hydrogen-bond donors (Lipinski definition) is 2. The molecule has 8 nitrogen and oxygen atoms in total. The highest BCUT2D eigenvalue weighted by molar-refractivity contribution is 7.89. The SMILES string of the molecule is CCOC(=O)c1cn[nH]c1S(=O)(=O)NC[C@@H](C)N1CCCC[C@H]1C. The zero-order chi connectivity index (χ0) is 17.7. The maximum absolute atomic E-state index is 12.5. The monoisotopic (exact) mass is 358 g/mol. The van der Waals surface area contributed by atoms with Crippen molar-refractivity contribution in [3.05, 3.63) is 11.8 Å². The average Bonchev–Trinajstić information content (AvgIpc) is 3.04. The van der Waals surface area contributed by atoms with E-state index in [9.17, 15) is 13.2 Å². The first-order chi connectivity index (χ1) is 11.4. The molecule has 0 aliphatic carbocycles. The van der Waals surface area contributed by atoms with Gasteiger partial charge in [-0.2, -0.15) is 5.10 Å². The number of piperidine rings is 1. The first-order valence-corrected chi connectivity index (χ1v) is 9.81. The van der Waals surface area contributed by atoms with Gasteiger partial charge in [-0.15, -0.1) is 0 Å². The van der Waals surface area contributed by atoms with E-state index in [1.54, 1.807) is 6.92 Å². The van der Waals surface area contributed by atoms with Crippen LogP contribution in [0, 0.1) is 0 Å². The molecule has 2 N–H and O–H groups in total. The van der Waals surface area contributed by atoms with Gasteiger partial charge in [0.2, 0.25) is 0 Å². The molecule has 1 aliphatic heterocycles. The number of rotatable bonds is 7. The Morgan fingerprint density at radius 1 is 1.54 bits per heavy atom. The highest BCUT2D eigenvalue weighted by Gasteiger charge is 2.28. The number of carbonyl (C=O) groups is 1. The Hall–Kier alpha value is -1.45. The average molecular weight is 358 g/mol. The molecule has 0 bridgehead atoms. The van der Waals surface area contributed by atoms with Gasteiger partial charge >= 0.3 is 5.97 Å². The number of esters is 1. The first-order valence-electron chi connectivity index (χ1n) is 8.32. The normalized spacial score (nSPS) is 20.7. The Balaban J connectivity index is 2.04. The van der Waals surface area contributed by atoms with Crippen molar-refractivity contribution in [1.29, 1.82) is 0 Å². The van der Waals surface area contributed by atoms with E-state index >= 15 is 0 Å². The predicted octanol–water partition coefficient (Wildman–Crippen LogP) is 1.13. The Labute approximate surface area is 143 Å². The van der Waals surface area contributed by atoms with Crippen LogP contribution in [0.15, 0.2) is 11.2 Å². The lowest BCUT2D eigenvalue weighted by Crippen LogP contribution is -2.48. The van der Waals surface area contributed by atoms with Crippen LogP contribution in [0.1, 0.15) is 50.4 Å². The molecule has 0 unspecified atom stereocenters. The van der Waals surface area contributed by atoms with E-state index in [-0.39, 0.29) is 29.8 Å². The third-order valence-corrected chi connectivity index (χ3v) is 5.75. The van der Waals surface area contributed by atoms with Gasteiger partial charge in [-0.05, 0) is 40.2 Å². The lowest BCUT2D eigenvalue weighted by Gasteiger charge is -2.38. The molecule has 24 heavy (non-hydrogen) atoms. The third kappa shape index (κ3) is 4.34. The maximum atomic E-state index is 12.5. The molecule has 2 heterocycles. The van der Waals surface area contributed by atoms with Crippen LogP contribution in [0.5, 0.6) is 0 Å². The van der Waals surface area contributed by atoms with Gasteiger partial charge in [0.15, 0.2) is 5.03 Å². The van der Waals surface area contributed by atoms with Gasteiger partial charge in [0.1, 0.15) is 5.56 Å². The van der Waals surface area contributed by atoms with Crippen LogP contribution in [0.2, 0.25) is 0 Å². The predicted molar refractivity (Wildman–Crippen MR) is 89.2 cm³/mol. The molecular formula is C15H26N4O4S. The van der Waals surface area contributed by atoms with Crippen LogP contribution in [-0.4, -0.2) is 61.3 Å². The van der Waals surface area contributed by atoms with Crippen LogP contribution < -0.4 is 4.72 Å². The standard InChI is InChI=1S/C15H26N4O4S/c1-4-23-15(20)13-10-16-18-14(13)24(21,22)17-9-12(3)19-8-6-5-7-11(19)2/h10-12,17H,4-9H2,1-3H3,(H,16,18)/t11-,12-/m1/s1. The summed E-state index contributed by atoms with van der Waals surface area (Å²) in [6.45, 7) is 7.24. The van der Waals surface area contributed by atoms with E-state index in [1.165, 1.54) is 12.6 Å². The molecule has 0 radical (unpaired) electrons. The summed E-state index contributed by atoms with van der Waals surface area (Å²) in [5.74, 6) is -0.704. The molecule has 1 aliphatic rings. The Kier molecular flexibility index (Phi) is 6.36. The Bertz CT molecular complexity index is 658. The highest BCUT2D eigenvalue weighted by atomic mass is 32.2. The fraction of sp³-hybridized carbons (Fsp3) is 0.733. The summed E-state index contributed by atoms with van der Waals surface area (Å²) < 4.78 is 32.4. The maximum Gasteiger partial charge on any atom is 0.342 e. The van der Waals surface area contributed by atoms with Gasteiger partial charge in [-0.1, -0.05) is 6.42 Å². The van der Waals surface area contributed by atoms with Crippen molar-refractivity contribution in [3.8, 4) is 0 Å². The number of aromatic amines is 1. The number of H-pyrrole nitrogens is 1. The van der Waals surface area contributed by atoms with Crippen LogP contribution in [-0.2, 0) is 14.8 Å². The fourth-order valence-corrected chi connectivity index (χ4v) is 4.23. The summed E-state index contributed by atoms with van der Waals surface area (Å²) in [5.41, 5.74) is -0.0802. The second-order valence-electron chi connectivity index (χ2n) is 6.12.